The summed E-state index contributed by atoms with van der Waals surface area (Å²) in [5, 5.41) is 30.6. The molecule has 89 heavy (non-hydrogen) atoms. The van der Waals surface area contributed by atoms with E-state index < -0.39 is 65.4 Å². The summed E-state index contributed by atoms with van der Waals surface area (Å²) < 4.78 is 22.0. The molecule has 23 nitrogen and oxygen atoms in total. The lowest BCUT2D eigenvalue weighted by Crippen LogP contribution is -2.41. The van der Waals surface area contributed by atoms with Crippen LogP contribution in [0.4, 0.5) is 19.2 Å². The summed E-state index contributed by atoms with van der Waals surface area (Å²) in [7, 11) is 3.15. The maximum Gasteiger partial charge on any atom is 0.407 e. The van der Waals surface area contributed by atoms with Crippen LogP contribution in [-0.4, -0.2) is 129 Å². The Kier molecular flexibility index (Phi) is 26.0. The number of aliphatic carboxylic acids is 1. The number of fused-ring (bicyclic) bond motifs is 6. The Morgan fingerprint density at radius 3 is 1.17 bits per heavy atom. The van der Waals surface area contributed by atoms with Gasteiger partial charge in [-0.25, -0.2) is 30.0 Å². The van der Waals surface area contributed by atoms with Crippen LogP contribution in [0.15, 0.2) is 107 Å². The first-order chi connectivity index (χ1) is 42.5. The van der Waals surface area contributed by atoms with Gasteiger partial charge in [-0.1, -0.05) is 97.1 Å². The molecule has 0 heterocycles. The van der Waals surface area contributed by atoms with Gasteiger partial charge in [-0.2, -0.15) is 10.2 Å². The number of amides is 7. The molecule has 4 aromatic carbocycles. The Balaban J connectivity index is 0.000000276. The highest BCUT2D eigenvalue weighted by Crippen LogP contribution is 2.46. The minimum Gasteiger partial charge on any atom is -0.481 e. The molecule has 0 radical (unpaired) electrons. The summed E-state index contributed by atoms with van der Waals surface area (Å²) in [6, 6.07) is 29.3. The van der Waals surface area contributed by atoms with Crippen molar-refractivity contribution in [2.75, 3.05) is 40.4 Å². The molecule has 8 rings (SSSR count). The lowest BCUT2D eigenvalue weighted by atomic mass is 9.81. The number of carboxylic acid groups (broad SMARTS) is 1. The molecule has 4 aliphatic rings. The number of hydrogen-bond donors (Lipinski definition) is 9. The smallest absolute Gasteiger partial charge is 0.407 e. The van der Waals surface area contributed by atoms with Crippen molar-refractivity contribution < 1.29 is 62.4 Å². The van der Waals surface area contributed by atoms with Gasteiger partial charge in [0.25, 0.3) is 0 Å². The number of hydrazone groups is 2. The van der Waals surface area contributed by atoms with E-state index in [0.717, 1.165) is 83.0 Å². The van der Waals surface area contributed by atoms with E-state index in [4.69, 9.17) is 24.1 Å². The number of ether oxygens (including phenoxy) is 4. The fraction of sp³-hybridized carbons (Fsp3) is 0.485. The predicted molar refractivity (Wildman–Crippen MR) is 338 cm³/mol. The Morgan fingerprint density at radius 1 is 0.528 bits per heavy atom. The number of nitrogens with two attached hydrogens (primary N) is 1. The van der Waals surface area contributed by atoms with Gasteiger partial charge >= 0.3 is 42.2 Å². The van der Waals surface area contributed by atoms with Crippen LogP contribution in [0, 0.1) is 23.7 Å². The molecule has 0 aromatic heterocycles. The van der Waals surface area contributed by atoms with Crippen molar-refractivity contribution in [3.05, 3.63) is 119 Å². The molecule has 0 aliphatic heterocycles. The summed E-state index contributed by atoms with van der Waals surface area (Å²) in [5.74, 6) is -1.85. The van der Waals surface area contributed by atoms with Gasteiger partial charge in [0.1, 0.15) is 24.4 Å². The summed E-state index contributed by atoms with van der Waals surface area (Å²) in [5.41, 5.74) is 16.6. The number of nitrogens with one attached hydrogen (secondary N) is 7. The highest BCUT2D eigenvalue weighted by Gasteiger charge is 2.33. The zero-order valence-electron chi connectivity index (χ0n) is 52.2. The Bertz CT molecular complexity index is 3030. The number of alkyl carbamates (subject to hydrolysis) is 2. The van der Waals surface area contributed by atoms with Crippen molar-refractivity contribution >= 4 is 60.5 Å². The first-order valence-corrected chi connectivity index (χ1v) is 30.4. The number of nitrogens with zero attached hydrogens (tertiary/aromatic N) is 2. The molecule has 0 unspecified atom stereocenters. The molecule has 23 heteroatoms. The van der Waals surface area contributed by atoms with Gasteiger partial charge < -0.3 is 56.4 Å². The minimum atomic E-state index is -0.905. The largest absolute Gasteiger partial charge is 0.481 e. The predicted octanol–water partition coefficient (Wildman–Crippen LogP) is 8.84. The topological polar surface area (TPSA) is 329 Å². The van der Waals surface area contributed by atoms with Crippen LogP contribution in [0.3, 0.4) is 0 Å². The number of esters is 2. The molecule has 0 spiro atoms. The Labute approximate surface area is 520 Å². The number of carbonyl (C=O) groups excluding carboxylic acids is 7. The third-order valence-corrected chi connectivity index (χ3v) is 15.5. The summed E-state index contributed by atoms with van der Waals surface area (Å²) in [6.07, 6.45) is 6.57. The lowest BCUT2D eigenvalue weighted by molar-refractivity contribution is -0.156. The maximum absolute atomic E-state index is 12.9. The Morgan fingerprint density at radius 2 is 0.854 bits per heavy atom. The van der Waals surface area contributed by atoms with E-state index in [0.29, 0.717) is 25.9 Å². The average molecular weight is 1230 g/mol. The van der Waals surface area contributed by atoms with Crippen molar-refractivity contribution in [1.82, 2.24) is 37.4 Å². The molecule has 2 atom stereocenters. The van der Waals surface area contributed by atoms with Gasteiger partial charge in [0, 0.05) is 50.3 Å². The molecule has 2 fully saturated rings. The van der Waals surface area contributed by atoms with E-state index in [-0.39, 0.29) is 67.5 Å². The van der Waals surface area contributed by atoms with Crippen LogP contribution in [-0.2, 0) is 38.1 Å². The molecule has 10 N–H and O–H groups in total. The highest BCUT2D eigenvalue weighted by atomic mass is 16.6. The van der Waals surface area contributed by atoms with Gasteiger partial charge in [0.2, 0.25) is 5.91 Å². The van der Waals surface area contributed by atoms with Crippen LogP contribution in [0.1, 0.15) is 140 Å². The van der Waals surface area contributed by atoms with E-state index in [9.17, 15) is 38.4 Å². The molecule has 4 aliphatic carbocycles. The standard InChI is InChI=1S/C33H43N5O6.C32H40N4O7.CH5N/c1-33(2,3)44-29(39)17-23(19-36-38-31(41)35-18-21-13-15-22(16-14-21)30(40)34-4)37-32(42)43-20-28-26-11-7-5-9-24(26)25-10-6-8-12-27(25)28;1-32(2,3)43-28(37)16-22(18-34-36-30(40)33-17-20-12-14-21(15-13-20)29(38)39)35-31(41)42-19-27-25-10-6-4-8-23(25)24-9-5-7-11-26(24)27;1-2/h5-12,19,21-23,28H,13-18,20H2,1-4H3,(H,34,40)(H,37,42)(H2,35,38,41);4-11,18,20-22,27H,12-17,19H2,1-3H3,(H,35,41)(H,38,39)(H2,33,36,40);2H2,1H3/b36-19+;34-18+;/t21?,22?,23-;20?,21?,22-;/m00./s1. The van der Waals surface area contributed by atoms with Crippen LogP contribution in [0.25, 0.3) is 22.3 Å². The van der Waals surface area contributed by atoms with E-state index in [2.05, 4.69) is 77.6 Å². The molecule has 7 amide bonds. The highest BCUT2D eigenvalue weighted by molar-refractivity contribution is 5.85. The molecular formula is C66H88N10O13. The van der Waals surface area contributed by atoms with Gasteiger partial charge in [-0.3, -0.25) is 19.2 Å². The number of rotatable bonds is 20. The lowest BCUT2D eigenvalue weighted by Gasteiger charge is -2.27. The van der Waals surface area contributed by atoms with Crippen molar-refractivity contribution in [2.24, 2.45) is 39.6 Å². The number of benzene rings is 4. The average Bonchev–Trinajstić information content (AvgIpc) is 1.65. The van der Waals surface area contributed by atoms with Gasteiger partial charge in [-0.15, -0.1) is 0 Å². The molecule has 0 bridgehead atoms. The summed E-state index contributed by atoms with van der Waals surface area (Å²) in [6.45, 7) is 11.6. The van der Waals surface area contributed by atoms with Crippen LogP contribution in [0.5, 0.6) is 0 Å². The number of carbonyl (C=O) groups is 8. The van der Waals surface area contributed by atoms with E-state index in [1.165, 1.54) is 19.5 Å². The Hall–Kier alpha value is -8.86. The summed E-state index contributed by atoms with van der Waals surface area (Å²) >= 11 is 0. The molecule has 2 saturated carbocycles. The van der Waals surface area contributed by atoms with Crippen molar-refractivity contribution in [3.63, 3.8) is 0 Å². The normalized spacial score (nSPS) is 18.2. The third-order valence-electron chi connectivity index (χ3n) is 15.5. The van der Waals surface area contributed by atoms with E-state index >= 15 is 0 Å². The van der Waals surface area contributed by atoms with Gasteiger partial charge in [0.05, 0.1) is 30.8 Å². The van der Waals surface area contributed by atoms with E-state index in [1.807, 2.05) is 72.8 Å². The quantitative estimate of drug-likeness (QED) is 0.0173. The van der Waals surface area contributed by atoms with Crippen molar-refractivity contribution in [3.8, 4) is 22.3 Å². The monoisotopic (exact) mass is 1230 g/mol. The van der Waals surface area contributed by atoms with Crippen molar-refractivity contribution in [2.45, 2.75) is 141 Å². The third kappa shape index (κ3) is 21.8. The first-order valence-electron chi connectivity index (χ1n) is 30.4. The molecule has 4 aromatic rings. The maximum atomic E-state index is 12.9. The fourth-order valence-corrected chi connectivity index (χ4v) is 11.4. The number of urea groups is 2. The second-order valence-corrected chi connectivity index (χ2v) is 24.3. The number of carboxylic acids is 1. The zero-order chi connectivity index (χ0) is 64.7. The zero-order valence-corrected chi connectivity index (χ0v) is 52.2. The van der Waals surface area contributed by atoms with E-state index in [1.54, 1.807) is 48.6 Å². The molecular weight excluding hydrogens is 1140 g/mol. The second-order valence-electron chi connectivity index (χ2n) is 24.3. The van der Waals surface area contributed by atoms with Crippen LogP contribution in [0.2, 0.25) is 0 Å². The van der Waals surface area contributed by atoms with Crippen LogP contribution >= 0.6 is 0 Å². The van der Waals surface area contributed by atoms with Crippen molar-refractivity contribution in [1.29, 1.82) is 0 Å². The molecule has 480 valence electrons. The SMILES string of the molecule is CC(C)(C)OC(=O)C[C@@H](/C=N/NC(=O)NCC1CCC(C(=O)O)CC1)NC(=O)OCC1c2ccccc2-c2ccccc21.CN.CNC(=O)C1CCC(CNC(=O)N/N=C/[C@H](CC(=O)OC(C)(C)C)NC(=O)OCC2c3ccccc3-c3ccccc32)CC1. The minimum absolute atomic E-state index is 0.0283. The first kappa shape index (κ1) is 69.2. The van der Waals surface area contributed by atoms with Crippen LogP contribution < -0.4 is 43.2 Å². The fourth-order valence-electron chi connectivity index (χ4n) is 11.4. The second kappa shape index (κ2) is 33.5. The molecule has 0 saturated heterocycles. The number of hydrogen-bond acceptors (Lipinski definition) is 15. The summed E-state index contributed by atoms with van der Waals surface area (Å²) in [4.78, 5) is 98.4. The van der Waals surface area contributed by atoms with Gasteiger partial charge in [0.15, 0.2) is 0 Å². The van der Waals surface area contributed by atoms with Gasteiger partial charge in [-0.05, 0) is 156 Å².